The summed E-state index contributed by atoms with van der Waals surface area (Å²) in [6.07, 6.45) is -4.39. The highest BCUT2D eigenvalue weighted by Gasteiger charge is 2.48. The van der Waals surface area contributed by atoms with E-state index in [9.17, 15) is 13.2 Å². The van der Waals surface area contributed by atoms with E-state index < -0.39 is 12.3 Å². The third-order valence-electron chi connectivity index (χ3n) is 5.09. The monoisotopic (exact) mass is 359 g/mol. The van der Waals surface area contributed by atoms with Crippen LogP contribution >= 0.6 is 11.6 Å². The van der Waals surface area contributed by atoms with Gasteiger partial charge in [0.1, 0.15) is 5.82 Å². The first-order chi connectivity index (χ1) is 11.4. The van der Waals surface area contributed by atoms with Crippen LogP contribution in [0.25, 0.3) is 11.2 Å². The molecule has 5 heterocycles. The smallest absolute Gasteiger partial charge is 0.359 e. The highest BCUT2D eigenvalue weighted by molar-refractivity contribution is 6.28. The molecule has 0 aromatic carbocycles. The normalized spacial score (nSPS) is 29.0. The zero-order valence-electron chi connectivity index (χ0n) is 12.4. The van der Waals surface area contributed by atoms with Crippen molar-refractivity contribution in [1.82, 2.24) is 19.5 Å². The lowest BCUT2D eigenvalue weighted by Gasteiger charge is -2.26. The van der Waals surface area contributed by atoms with Crippen LogP contribution in [0.1, 0.15) is 24.8 Å². The Morgan fingerprint density at radius 3 is 2.62 bits per heavy atom. The van der Waals surface area contributed by atoms with Crippen molar-refractivity contribution in [2.24, 2.45) is 5.92 Å². The largest absolute Gasteiger partial charge is 0.421 e. The Hall–Kier alpha value is -1.61. The number of rotatable bonds is 1. The molecule has 1 atom stereocenters. The van der Waals surface area contributed by atoms with Gasteiger partial charge >= 0.3 is 6.18 Å². The van der Waals surface area contributed by atoms with Crippen molar-refractivity contribution in [2.75, 3.05) is 18.1 Å². The number of anilines is 1. The average molecular weight is 360 g/mol. The maximum Gasteiger partial charge on any atom is 0.421 e. The van der Waals surface area contributed by atoms with Crippen molar-refractivity contribution in [2.45, 2.75) is 37.7 Å². The Morgan fingerprint density at radius 1 is 1.17 bits per heavy atom. The molecule has 0 spiro atoms. The second kappa shape index (κ2) is 4.72. The molecule has 2 aromatic heterocycles. The SMILES string of the molecule is FC(F)(F)C1OCCn2c1nc1c(N3CC4CC3C4)nc(Cl)nc12. The molecular weight excluding hydrogens is 347 g/mol. The molecular formula is C14H13ClF3N5O. The predicted molar refractivity (Wildman–Crippen MR) is 78.9 cm³/mol. The summed E-state index contributed by atoms with van der Waals surface area (Å²) < 4.78 is 46.1. The number of halogens is 4. The summed E-state index contributed by atoms with van der Waals surface area (Å²) in [5.74, 6) is 0.994. The average Bonchev–Trinajstić information content (AvgIpc) is 3.15. The summed E-state index contributed by atoms with van der Waals surface area (Å²) in [7, 11) is 0. The highest BCUT2D eigenvalue weighted by atomic mass is 35.5. The van der Waals surface area contributed by atoms with Gasteiger partial charge in [-0.2, -0.15) is 23.1 Å². The van der Waals surface area contributed by atoms with Gasteiger partial charge in [-0.3, -0.25) is 0 Å². The molecule has 10 heteroatoms. The van der Waals surface area contributed by atoms with E-state index in [4.69, 9.17) is 16.3 Å². The van der Waals surface area contributed by atoms with Crippen LogP contribution in [0.2, 0.25) is 5.28 Å². The molecule has 2 bridgehead atoms. The second-order valence-electron chi connectivity index (χ2n) is 6.55. The number of alkyl halides is 3. The molecule has 0 N–H and O–H groups in total. The van der Waals surface area contributed by atoms with Crippen LogP contribution in [0.5, 0.6) is 0 Å². The van der Waals surface area contributed by atoms with Gasteiger partial charge in [-0.15, -0.1) is 0 Å². The third-order valence-corrected chi connectivity index (χ3v) is 5.26. The standard InChI is InChI=1S/C14H13ClF3N5O/c15-13-20-10-8(11(21-13)23-5-6-3-7(23)4-6)19-12-9(14(16,17)18)24-2-1-22(10)12/h6-7,9H,1-5H2. The van der Waals surface area contributed by atoms with Crippen molar-refractivity contribution >= 4 is 28.6 Å². The summed E-state index contributed by atoms with van der Waals surface area (Å²) in [5, 5.41) is 0.0272. The fraction of sp³-hybridized carbons (Fsp3) is 0.643. The molecule has 4 aliphatic rings. The van der Waals surface area contributed by atoms with Gasteiger partial charge in [0.05, 0.1) is 6.61 Å². The first-order valence-corrected chi connectivity index (χ1v) is 8.18. The molecule has 1 aliphatic carbocycles. The van der Waals surface area contributed by atoms with E-state index in [2.05, 4.69) is 19.9 Å². The van der Waals surface area contributed by atoms with Crippen LogP contribution in [0.15, 0.2) is 0 Å². The minimum Gasteiger partial charge on any atom is -0.359 e. The van der Waals surface area contributed by atoms with E-state index in [1.165, 1.54) is 4.57 Å². The summed E-state index contributed by atoms with van der Waals surface area (Å²) in [6, 6.07) is 0.373. The van der Waals surface area contributed by atoms with Crippen LogP contribution < -0.4 is 4.90 Å². The molecule has 1 unspecified atom stereocenters. The number of hydrogen-bond acceptors (Lipinski definition) is 5. The first-order valence-electron chi connectivity index (χ1n) is 7.80. The van der Waals surface area contributed by atoms with Crippen molar-refractivity contribution in [1.29, 1.82) is 0 Å². The summed E-state index contributed by atoms with van der Waals surface area (Å²) in [5.41, 5.74) is 0.725. The number of fused-ring (bicyclic) bond motifs is 4. The lowest BCUT2D eigenvalue weighted by molar-refractivity contribution is -0.233. The Kier molecular flexibility index (Phi) is 2.90. The first kappa shape index (κ1) is 14.7. The minimum atomic E-state index is -4.52. The molecule has 3 fully saturated rings. The molecule has 128 valence electrons. The number of nitrogens with zero attached hydrogens (tertiary/aromatic N) is 5. The van der Waals surface area contributed by atoms with Gasteiger partial charge in [-0.1, -0.05) is 0 Å². The molecule has 0 amide bonds. The van der Waals surface area contributed by atoms with Crippen molar-refractivity contribution in [3.63, 3.8) is 0 Å². The van der Waals surface area contributed by atoms with Gasteiger partial charge in [-0.25, -0.2) is 4.98 Å². The van der Waals surface area contributed by atoms with E-state index in [0.717, 1.165) is 19.4 Å². The van der Waals surface area contributed by atoms with Gasteiger partial charge in [0.2, 0.25) is 11.4 Å². The third kappa shape index (κ3) is 1.97. The number of aromatic nitrogens is 4. The van der Waals surface area contributed by atoms with Crippen LogP contribution in [-0.2, 0) is 11.3 Å². The van der Waals surface area contributed by atoms with E-state index in [-0.39, 0.29) is 24.3 Å². The summed E-state index contributed by atoms with van der Waals surface area (Å²) >= 11 is 6.05. The van der Waals surface area contributed by atoms with Gasteiger partial charge in [0, 0.05) is 19.1 Å². The van der Waals surface area contributed by atoms with Crippen LogP contribution in [0.4, 0.5) is 19.0 Å². The Bertz CT molecular complexity index is 832. The fourth-order valence-electron chi connectivity index (χ4n) is 3.97. The summed E-state index contributed by atoms with van der Waals surface area (Å²) in [4.78, 5) is 14.7. The van der Waals surface area contributed by atoms with Gasteiger partial charge in [-0.05, 0) is 30.4 Å². The molecule has 24 heavy (non-hydrogen) atoms. The lowest BCUT2D eigenvalue weighted by Crippen LogP contribution is -2.32. The molecule has 2 saturated heterocycles. The zero-order valence-corrected chi connectivity index (χ0v) is 13.2. The zero-order chi connectivity index (χ0) is 16.6. The maximum absolute atomic E-state index is 13.2. The van der Waals surface area contributed by atoms with Crippen molar-refractivity contribution in [3.05, 3.63) is 11.1 Å². The molecule has 0 radical (unpaired) electrons. The second-order valence-corrected chi connectivity index (χ2v) is 6.88. The molecule has 3 aliphatic heterocycles. The number of hydrogen-bond donors (Lipinski definition) is 0. The molecule has 1 saturated carbocycles. The van der Waals surface area contributed by atoms with Gasteiger partial charge in [0.15, 0.2) is 17.0 Å². The quantitative estimate of drug-likeness (QED) is 0.733. The maximum atomic E-state index is 13.2. The van der Waals surface area contributed by atoms with E-state index >= 15 is 0 Å². The molecule has 2 aromatic rings. The number of ether oxygens (including phenoxy) is 1. The number of imidazole rings is 1. The van der Waals surface area contributed by atoms with Gasteiger partial charge < -0.3 is 14.2 Å². The van der Waals surface area contributed by atoms with Crippen LogP contribution in [-0.4, -0.2) is 44.9 Å². The minimum absolute atomic E-state index is 0.0272. The Balaban J connectivity index is 1.71. The summed E-state index contributed by atoms with van der Waals surface area (Å²) in [6.45, 7) is 1.06. The Labute approximate surface area is 139 Å². The molecule has 6 nitrogen and oxygen atoms in total. The molecule has 6 rings (SSSR count). The predicted octanol–water partition coefficient (Wildman–Crippen LogP) is 2.71. The van der Waals surface area contributed by atoms with Crippen molar-refractivity contribution in [3.8, 4) is 0 Å². The topological polar surface area (TPSA) is 56.1 Å². The van der Waals surface area contributed by atoms with Gasteiger partial charge in [0.25, 0.3) is 0 Å². The van der Waals surface area contributed by atoms with Crippen molar-refractivity contribution < 1.29 is 17.9 Å². The lowest BCUT2D eigenvalue weighted by atomic mass is 9.86. The van der Waals surface area contributed by atoms with E-state index in [1.54, 1.807) is 0 Å². The van der Waals surface area contributed by atoms with Crippen LogP contribution in [0.3, 0.4) is 0 Å². The Morgan fingerprint density at radius 2 is 1.96 bits per heavy atom. The van der Waals surface area contributed by atoms with E-state index in [0.29, 0.717) is 28.9 Å². The fourth-order valence-corrected chi connectivity index (χ4v) is 4.13. The highest BCUT2D eigenvalue weighted by Crippen LogP contribution is 2.45. The van der Waals surface area contributed by atoms with Crippen LogP contribution in [0, 0.1) is 5.92 Å². The van der Waals surface area contributed by atoms with E-state index in [1.807, 2.05) is 0 Å².